The van der Waals surface area contributed by atoms with Crippen molar-refractivity contribution in [1.82, 2.24) is 8.96 Å². The van der Waals surface area contributed by atoms with Crippen LogP contribution in [-0.4, -0.2) is 29.5 Å². The second-order valence-electron chi connectivity index (χ2n) is 9.85. The van der Waals surface area contributed by atoms with Gasteiger partial charge in [0.1, 0.15) is 11.5 Å². The molecule has 0 atom stereocenters. The summed E-state index contributed by atoms with van der Waals surface area (Å²) in [4.78, 5) is 16.2. The smallest absolute Gasteiger partial charge is 0.389 e. The molecule has 0 bridgehead atoms. The first-order valence-corrected chi connectivity index (χ1v) is 14.6. The number of hydrogen-bond donors (Lipinski definition) is 0. The molecule has 2 heterocycles. The molecule has 0 aliphatic heterocycles. The van der Waals surface area contributed by atoms with Gasteiger partial charge >= 0.3 is 12.1 Å². The van der Waals surface area contributed by atoms with E-state index in [4.69, 9.17) is 9.47 Å². The van der Waals surface area contributed by atoms with Crippen molar-refractivity contribution in [3.8, 4) is 17.2 Å². The number of alkyl halides is 3. The zero-order valence-electron chi connectivity index (χ0n) is 22.9. The zero-order chi connectivity index (χ0) is 31.6. The van der Waals surface area contributed by atoms with Crippen LogP contribution in [0.1, 0.15) is 23.1 Å². The summed E-state index contributed by atoms with van der Waals surface area (Å²) in [6.07, 6.45) is -4.91. The highest BCUT2D eigenvalue weighted by Gasteiger charge is 2.30. The van der Waals surface area contributed by atoms with Crippen LogP contribution >= 0.6 is 0 Å². The van der Waals surface area contributed by atoms with E-state index in [0.717, 1.165) is 40.1 Å². The van der Waals surface area contributed by atoms with Crippen LogP contribution in [0.5, 0.6) is 17.2 Å². The van der Waals surface area contributed by atoms with E-state index in [0.29, 0.717) is 0 Å². The summed E-state index contributed by atoms with van der Waals surface area (Å²) in [5, 5.41) is -0.165. The van der Waals surface area contributed by atoms with Gasteiger partial charge in [0.05, 0.1) is 16.7 Å². The van der Waals surface area contributed by atoms with Gasteiger partial charge in [-0.2, -0.15) is 13.2 Å². The largest absolute Gasteiger partial charge is 0.450 e. The number of ether oxygens (including phenoxy) is 2. The van der Waals surface area contributed by atoms with E-state index in [-0.39, 0.29) is 38.6 Å². The highest BCUT2D eigenvalue weighted by Crippen LogP contribution is 2.38. The van der Waals surface area contributed by atoms with Crippen LogP contribution < -0.4 is 9.47 Å². The van der Waals surface area contributed by atoms with Gasteiger partial charge in [-0.3, -0.25) is 4.79 Å². The number of fused-ring (bicyclic) bond motifs is 1. The van der Waals surface area contributed by atoms with Gasteiger partial charge in [-0.25, -0.2) is 26.2 Å². The molecule has 228 valence electrons. The Balaban J connectivity index is 1.51. The van der Waals surface area contributed by atoms with Crippen molar-refractivity contribution >= 4 is 27.0 Å². The molecule has 0 aliphatic rings. The molecule has 0 aliphatic carbocycles. The van der Waals surface area contributed by atoms with Gasteiger partial charge in [-0.1, -0.05) is 35.9 Å². The number of rotatable bonds is 9. The van der Waals surface area contributed by atoms with Gasteiger partial charge in [0.15, 0.2) is 23.0 Å². The number of para-hydroxylation sites is 1. The molecule has 0 unspecified atom stereocenters. The minimum atomic E-state index is -4.58. The zero-order valence-corrected chi connectivity index (χ0v) is 23.8. The Bertz CT molecular complexity index is 1920. The van der Waals surface area contributed by atoms with Gasteiger partial charge in [-0.05, 0) is 66.9 Å². The minimum Gasteiger partial charge on any atom is -0.450 e. The van der Waals surface area contributed by atoms with E-state index >= 15 is 8.78 Å². The van der Waals surface area contributed by atoms with Crippen molar-refractivity contribution in [3.05, 3.63) is 114 Å². The lowest BCUT2D eigenvalue weighted by atomic mass is 10.1. The Morgan fingerprint density at radius 1 is 0.955 bits per heavy atom. The molecule has 5 aromatic rings. The number of benzene rings is 3. The summed E-state index contributed by atoms with van der Waals surface area (Å²) >= 11 is 0. The number of aromatic nitrogens is 2. The third kappa shape index (κ3) is 6.72. The van der Waals surface area contributed by atoms with Crippen molar-refractivity contribution in [3.63, 3.8) is 0 Å². The van der Waals surface area contributed by atoms with E-state index in [1.54, 1.807) is 37.3 Å². The summed E-state index contributed by atoms with van der Waals surface area (Å²) in [6, 6.07) is 16.8. The molecule has 3 aromatic carbocycles. The topological polar surface area (TPSA) is 87.5 Å². The highest BCUT2D eigenvalue weighted by molar-refractivity contribution is 7.90. The molecule has 44 heavy (non-hydrogen) atoms. The third-order valence-electron chi connectivity index (χ3n) is 6.54. The van der Waals surface area contributed by atoms with Gasteiger partial charge in [0.2, 0.25) is 0 Å². The standard InChI is InChI=1S/C31H23F5N2O5S/c1-19-7-9-23(10-8-19)44(40,41)38-18-21(11-13-31(34,35)36)28-26(12-14-37-30(28)38)43-29-24(32)15-20(16-25(29)33)17-27(39)42-22-5-3-2-4-6-22/h2-10,12,14-16,18H,11,13,17H2,1H3. The summed E-state index contributed by atoms with van der Waals surface area (Å²) < 4.78 is 108. The molecule has 0 saturated heterocycles. The third-order valence-corrected chi connectivity index (χ3v) is 8.21. The van der Waals surface area contributed by atoms with E-state index in [1.807, 2.05) is 0 Å². The molecule has 0 spiro atoms. The van der Waals surface area contributed by atoms with Crippen molar-refractivity contribution < 1.29 is 44.6 Å². The fourth-order valence-electron chi connectivity index (χ4n) is 4.47. The van der Waals surface area contributed by atoms with Gasteiger partial charge < -0.3 is 9.47 Å². The van der Waals surface area contributed by atoms with Gasteiger partial charge in [-0.15, -0.1) is 0 Å². The molecule has 0 saturated carbocycles. The second kappa shape index (κ2) is 12.1. The molecule has 0 radical (unpaired) electrons. The number of halogens is 5. The molecular formula is C31H23F5N2O5S. The Labute approximate surface area is 248 Å². The first-order valence-electron chi connectivity index (χ1n) is 13.1. The first kappa shape index (κ1) is 30.7. The van der Waals surface area contributed by atoms with E-state index < -0.39 is 58.8 Å². The summed E-state index contributed by atoms with van der Waals surface area (Å²) in [6.45, 7) is 1.75. The Morgan fingerprint density at radius 3 is 2.25 bits per heavy atom. The van der Waals surface area contributed by atoms with Crippen molar-refractivity contribution in [2.24, 2.45) is 0 Å². The molecule has 5 rings (SSSR count). The van der Waals surface area contributed by atoms with E-state index in [9.17, 15) is 26.4 Å². The summed E-state index contributed by atoms with van der Waals surface area (Å²) in [7, 11) is -4.34. The van der Waals surface area contributed by atoms with Crippen LogP contribution in [0.25, 0.3) is 11.0 Å². The number of aryl methyl sites for hydroxylation is 2. The van der Waals surface area contributed by atoms with Crippen molar-refractivity contribution in [2.75, 3.05) is 0 Å². The van der Waals surface area contributed by atoms with Crippen molar-refractivity contribution in [2.45, 2.75) is 37.3 Å². The van der Waals surface area contributed by atoms with Gasteiger partial charge in [0, 0.05) is 18.8 Å². The predicted molar refractivity (Wildman–Crippen MR) is 150 cm³/mol. The highest BCUT2D eigenvalue weighted by atomic mass is 32.2. The van der Waals surface area contributed by atoms with E-state index in [1.165, 1.54) is 24.3 Å². The van der Waals surface area contributed by atoms with Crippen LogP contribution in [0.4, 0.5) is 22.0 Å². The van der Waals surface area contributed by atoms with Gasteiger partial charge in [0.25, 0.3) is 10.0 Å². The maximum Gasteiger partial charge on any atom is 0.389 e. The molecular weight excluding hydrogens is 607 g/mol. The maximum absolute atomic E-state index is 15.1. The fraction of sp³-hybridized carbons (Fsp3) is 0.161. The molecule has 13 heteroatoms. The average Bonchev–Trinajstić information content (AvgIpc) is 3.35. The molecule has 7 nitrogen and oxygen atoms in total. The van der Waals surface area contributed by atoms with Crippen LogP contribution in [0.3, 0.4) is 0 Å². The summed E-state index contributed by atoms with van der Waals surface area (Å²) in [5.74, 6) is -4.17. The SMILES string of the molecule is Cc1ccc(S(=O)(=O)n2cc(CCC(F)(F)F)c3c(Oc4c(F)cc(CC(=O)Oc5ccccc5)cc4F)ccnc32)cc1. The monoisotopic (exact) mass is 630 g/mol. The van der Waals surface area contributed by atoms with Crippen LogP contribution in [0.2, 0.25) is 0 Å². The Kier molecular flexibility index (Phi) is 8.42. The Hall–Kier alpha value is -4.78. The quantitative estimate of drug-likeness (QED) is 0.0966. The average molecular weight is 631 g/mol. The molecule has 2 aromatic heterocycles. The van der Waals surface area contributed by atoms with E-state index in [2.05, 4.69) is 4.98 Å². The lowest BCUT2D eigenvalue weighted by Gasteiger charge is -2.12. The molecule has 0 fully saturated rings. The summed E-state index contributed by atoms with van der Waals surface area (Å²) in [5.41, 5.74) is 0.317. The lowest BCUT2D eigenvalue weighted by Crippen LogP contribution is -2.12. The Morgan fingerprint density at radius 2 is 1.61 bits per heavy atom. The fourth-order valence-corrected chi connectivity index (χ4v) is 5.81. The second-order valence-corrected chi connectivity index (χ2v) is 11.7. The van der Waals surface area contributed by atoms with Crippen LogP contribution in [0.15, 0.2) is 90.1 Å². The number of carbonyl (C=O) groups excluding carboxylic acids is 1. The van der Waals surface area contributed by atoms with Crippen LogP contribution in [-0.2, 0) is 27.7 Å². The lowest BCUT2D eigenvalue weighted by molar-refractivity contribution is -0.134. The minimum absolute atomic E-state index is 0.0608. The number of hydrogen-bond acceptors (Lipinski definition) is 6. The molecule has 0 N–H and O–H groups in total. The van der Waals surface area contributed by atoms with Crippen LogP contribution in [0, 0.1) is 18.6 Å². The number of nitrogens with zero attached hydrogens (tertiary/aromatic N) is 2. The first-order chi connectivity index (χ1) is 20.8. The predicted octanol–water partition coefficient (Wildman–Crippen LogP) is 7.30. The number of carbonyl (C=O) groups is 1. The number of pyridine rings is 1. The normalized spacial score (nSPS) is 12.0. The van der Waals surface area contributed by atoms with Crippen molar-refractivity contribution in [1.29, 1.82) is 0 Å². The maximum atomic E-state index is 15.1. The molecule has 0 amide bonds. The number of esters is 1.